The van der Waals surface area contributed by atoms with Crippen LogP contribution in [0.4, 0.5) is 18.9 Å². The molecule has 0 aliphatic carbocycles. The summed E-state index contributed by atoms with van der Waals surface area (Å²) in [6.45, 7) is -0.239. The van der Waals surface area contributed by atoms with Crippen molar-refractivity contribution in [2.45, 2.75) is 12.8 Å². The highest BCUT2D eigenvalue weighted by Gasteiger charge is 2.30. The first kappa shape index (κ1) is 21.7. The summed E-state index contributed by atoms with van der Waals surface area (Å²) in [5.74, 6) is 0.326. The molecule has 0 bridgehead atoms. The van der Waals surface area contributed by atoms with Gasteiger partial charge in [-0.05, 0) is 54.6 Å². The summed E-state index contributed by atoms with van der Waals surface area (Å²) < 4.78 is 49.7. The number of benzene rings is 2. The number of hydrogen-bond acceptors (Lipinski definition) is 4. The molecule has 0 aliphatic rings. The smallest absolute Gasteiger partial charge is 0.416 e. The van der Waals surface area contributed by atoms with E-state index in [0.717, 1.165) is 12.1 Å². The fourth-order valence-electron chi connectivity index (χ4n) is 3.06. The number of hydrogen-bond donors (Lipinski definition) is 2. The standard InChI is InChI=1S/C23H15ClF3NO4/c24-18-11-15(4-6-17(18)20-7-5-16(12-29)31-20)28-22(30)21-9-8-19(32-21)13-2-1-3-14(10-13)23(25,26)27/h1-11,29H,12H2,(H,28,30). The molecule has 0 unspecified atom stereocenters. The van der Waals surface area contributed by atoms with Gasteiger partial charge in [0, 0.05) is 16.8 Å². The van der Waals surface area contributed by atoms with Crippen molar-refractivity contribution >= 4 is 23.2 Å². The Bertz CT molecular complexity index is 1280. The highest BCUT2D eigenvalue weighted by molar-refractivity contribution is 6.33. The lowest BCUT2D eigenvalue weighted by Crippen LogP contribution is -2.10. The van der Waals surface area contributed by atoms with Crippen molar-refractivity contribution in [1.82, 2.24) is 0 Å². The fraction of sp³-hybridized carbons (Fsp3) is 0.0870. The highest BCUT2D eigenvalue weighted by atomic mass is 35.5. The minimum Gasteiger partial charge on any atom is -0.459 e. The Morgan fingerprint density at radius 1 is 0.969 bits per heavy atom. The Hall–Kier alpha value is -3.49. The Balaban J connectivity index is 1.50. The number of alkyl halides is 3. The Kier molecular flexibility index (Phi) is 5.82. The van der Waals surface area contributed by atoms with Crippen molar-refractivity contribution in [3.05, 3.63) is 88.8 Å². The Labute approximate surface area is 185 Å². The molecule has 2 aromatic heterocycles. The minimum absolute atomic E-state index is 0.0729. The molecule has 4 aromatic rings. The second-order valence-electron chi connectivity index (χ2n) is 6.82. The van der Waals surface area contributed by atoms with E-state index in [4.69, 9.17) is 25.5 Å². The summed E-state index contributed by atoms with van der Waals surface area (Å²) in [4.78, 5) is 12.5. The summed E-state index contributed by atoms with van der Waals surface area (Å²) in [5.41, 5.74) is 0.352. The zero-order chi connectivity index (χ0) is 22.9. The van der Waals surface area contributed by atoms with Crippen LogP contribution in [0, 0.1) is 0 Å². The molecule has 0 saturated carbocycles. The van der Waals surface area contributed by atoms with Gasteiger partial charge >= 0.3 is 6.18 Å². The largest absolute Gasteiger partial charge is 0.459 e. The van der Waals surface area contributed by atoms with E-state index >= 15 is 0 Å². The number of amides is 1. The van der Waals surface area contributed by atoms with Crippen molar-refractivity contribution in [2.24, 2.45) is 0 Å². The number of halogens is 4. The zero-order valence-corrected chi connectivity index (χ0v) is 17.0. The molecule has 2 heterocycles. The fourth-order valence-corrected chi connectivity index (χ4v) is 3.33. The molecule has 5 nitrogen and oxygen atoms in total. The average Bonchev–Trinajstić information content (AvgIpc) is 3.43. The highest BCUT2D eigenvalue weighted by Crippen LogP contribution is 2.34. The Morgan fingerprint density at radius 2 is 1.75 bits per heavy atom. The maximum atomic E-state index is 12.9. The molecule has 0 aliphatic heterocycles. The third kappa shape index (κ3) is 4.56. The van der Waals surface area contributed by atoms with Crippen LogP contribution in [0.2, 0.25) is 5.02 Å². The van der Waals surface area contributed by atoms with Gasteiger partial charge in [-0.25, -0.2) is 0 Å². The molecular weight excluding hydrogens is 447 g/mol. The van der Waals surface area contributed by atoms with Crippen LogP contribution in [0.3, 0.4) is 0 Å². The van der Waals surface area contributed by atoms with Gasteiger partial charge in [0.2, 0.25) is 0 Å². The van der Waals surface area contributed by atoms with E-state index in [-0.39, 0.29) is 23.7 Å². The first-order chi connectivity index (χ1) is 15.2. The van der Waals surface area contributed by atoms with Crippen molar-refractivity contribution in [3.63, 3.8) is 0 Å². The van der Waals surface area contributed by atoms with Crippen LogP contribution in [-0.2, 0) is 12.8 Å². The van der Waals surface area contributed by atoms with Gasteiger partial charge in [0.15, 0.2) is 5.76 Å². The second kappa shape index (κ2) is 8.57. The van der Waals surface area contributed by atoms with Crippen LogP contribution >= 0.6 is 11.6 Å². The molecule has 2 N–H and O–H groups in total. The van der Waals surface area contributed by atoms with Crippen LogP contribution in [0.25, 0.3) is 22.6 Å². The maximum absolute atomic E-state index is 12.9. The van der Waals surface area contributed by atoms with E-state index in [1.54, 1.807) is 24.3 Å². The number of aliphatic hydroxyl groups excluding tert-OH is 1. The van der Waals surface area contributed by atoms with Crippen LogP contribution in [0.5, 0.6) is 0 Å². The summed E-state index contributed by atoms with van der Waals surface area (Å²) in [7, 11) is 0. The predicted octanol–water partition coefficient (Wildman–Crippen LogP) is 6.62. The van der Waals surface area contributed by atoms with Gasteiger partial charge < -0.3 is 19.3 Å². The van der Waals surface area contributed by atoms with Crippen LogP contribution in [0.15, 0.2) is 75.6 Å². The van der Waals surface area contributed by atoms with Gasteiger partial charge in [0.1, 0.15) is 23.9 Å². The molecule has 9 heteroatoms. The van der Waals surface area contributed by atoms with E-state index in [0.29, 0.717) is 27.8 Å². The number of aliphatic hydroxyl groups is 1. The van der Waals surface area contributed by atoms with Crippen molar-refractivity contribution in [3.8, 4) is 22.6 Å². The number of anilines is 1. The van der Waals surface area contributed by atoms with E-state index in [1.807, 2.05) is 0 Å². The van der Waals surface area contributed by atoms with E-state index in [1.165, 1.54) is 30.3 Å². The third-order valence-corrected chi connectivity index (χ3v) is 4.93. The van der Waals surface area contributed by atoms with E-state index in [9.17, 15) is 18.0 Å². The topological polar surface area (TPSA) is 75.6 Å². The summed E-state index contributed by atoms with van der Waals surface area (Å²) in [6, 6.07) is 15.5. The number of carbonyl (C=O) groups is 1. The van der Waals surface area contributed by atoms with Crippen LogP contribution < -0.4 is 5.32 Å². The molecule has 2 aromatic carbocycles. The number of rotatable bonds is 5. The minimum atomic E-state index is -4.48. The molecule has 0 radical (unpaired) electrons. The van der Waals surface area contributed by atoms with Gasteiger partial charge in [-0.1, -0.05) is 23.7 Å². The Morgan fingerprint density at radius 3 is 2.44 bits per heavy atom. The first-order valence-electron chi connectivity index (χ1n) is 9.33. The van der Waals surface area contributed by atoms with Gasteiger partial charge in [-0.15, -0.1) is 0 Å². The summed E-state index contributed by atoms with van der Waals surface area (Å²) in [6.07, 6.45) is -4.48. The lowest BCUT2D eigenvalue weighted by Gasteiger charge is -2.08. The second-order valence-corrected chi connectivity index (χ2v) is 7.22. The predicted molar refractivity (Wildman–Crippen MR) is 112 cm³/mol. The van der Waals surface area contributed by atoms with Gasteiger partial charge in [-0.3, -0.25) is 4.79 Å². The number of furan rings is 2. The molecule has 0 spiro atoms. The SMILES string of the molecule is O=C(Nc1ccc(-c2ccc(CO)o2)c(Cl)c1)c1ccc(-c2cccc(C(F)(F)F)c2)o1. The third-order valence-electron chi connectivity index (χ3n) is 4.61. The molecule has 0 fully saturated rings. The molecule has 1 amide bonds. The van der Waals surface area contributed by atoms with Gasteiger partial charge in [0.25, 0.3) is 5.91 Å². The molecule has 0 atom stereocenters. The maximum Gasteiger partial charge on any atom is 0.416 e. The molecule has 164 valence electrons. The van der Waals surface area contributed by atoms with E-state index < -0.39 is 17.6 Å². The molecule has 0 saturated heterocycles. The van der Waals surface area contributed by atoms with Crippen LogP contribution in [0.1, 0.15) is 21.9 Å². The lowest BCUT2D eigenvalue weighted by atomic mass is 10.1. The number of carbonyl (C=O) groups excluding carboxylic acids is 1. The van der Waals surface area contributed by atoms with Crippen LogP contribution in [-0.4, -0.2) is 11.0 Å². The van der Waals surface area contributed by atoms with Gasteiger partial charge in [-0.2, -0.15) is 13.2 Å². The normalized spacial score (nSPS) is 11.5. The number of nitrogens with one attached hydrogen (secondary N) is 1. The molecule has 4 rings (SSSR count). The lowest BCUT2D eigenvalue weighted by molar-refractivity contribution is -0.137. The van der Waals surface area contributed by atoms with Crippen molar-refractivity contribution in [2.75, 3.05) is 5.32 Å². The van der Waals surface area contributed by atoms with E-state index in [2.05, 4.69) is 5.32 Å². The van der Waals surface area contributed by atoms with Crippen molar-refractivity contribution < 1.29 is 31.9 Å². The quantitative estimate of drug-likeness (QED) is 0.350. The zero-order valence-electron chi connectivity index (χ0n) is 16.2. The summed E-state index contributed by atoms with van der Waals surface area (Å²) >= 11 is 6.29. The van der Waals surface area contributed by atoms with Crippen molar-refractivity contribution in [1.29, 1.82) is 0 Å². The summed E-state index contributed by atoms with van der Waals surface area (Å²) in [5, 5.41) is 12.0. The van der Waals surface area contributed by atoms with Gasteiger partial charge in [0.05, 0.1) is 10.6 Å². The average molecular weight is 462 g/mol. The molecular formula is C23H15ClF3NO4. The molecule has 32 heavy (non-hydrogen) atoms. The first-order valence-corrected chi connectivity index (χ1v) is 9.71. The monoisotopic (exact) mass is 461 g/mol.